The first-order valence-corrected chi connectivity index (χ1v) is 8.20. The highest BCUT2D eigenvalue weighted by atomic mass is 32.2. The van der Waals surface area contributed by atoms with Gasteiger partial charge in [-0.05, 0) is 65.6 Å². The fraction of sp³-hybridized carbons (Fsp3) is 0.125. The second-order valence-electron chi connectivity index (χ2n) is 4.95. The molecule has 0 saturated carbocycles. The van der Waals surface area contributed by atoms with Crippen LogP contribution in [0.4, 0.5) is 5.69 Å². The lowest BCUT2D eigenvalue weighted by Gasteiger charge is -2.07. The number of thioether (sulfide) groups is 1. The number of hydrogen-bond acceptors (Lipinski definition) is 5. The molecule has 23 heavy (non-hydrogen) atoms. The Hall–Kier alpha value is -2.67. The molecule has 1 amide bonds. The predicted molar refractivity (Wildman–Crippen MR) is 90.1 cm³/mol. The zero-order valence-electron chi connectivity index (χ0n) is 12.7. The second kappa shape index (κ2) is 6.62. The molecule has 0 aliphatic rings. The fourth-order valence-corrected chi connectivity index (χ4v) is 2.58. The first-order valence-electron chi connectivity index (χ1n) is 6.98. The van der Waals surface area contributed by atoms with Crippen molar-refractivity contribution in [3.63, 3.8) is 0 Å². The van der Waals surface area contributed by atoms with Crippen LogP contribution in [0.15, 0.2) is 53.7 Å². The Labute approximate surface area is 137 Å². The molecular formula is C16H15N5OS. The number of nitrogens with one attached hydrogen (secondary N) is 1. The molecule has 0 bridgehead atoms. The molecule has 3 aromatic rings. The van der Waals surface area contributed by atoms with Gasteiger partial charge in [0.25, 0.3) is 5.91 Å². The van der Waals surface area contributed by atoms with Crippen molar-refractivity contribution in [2.24, 2.45) is 0 Å². The highest BCUT2D eigenvalue weighted by Gasteiger charge is 2.09. The van der Waals surface area contributed by atoms with E-state index in [1.807, 2.05) is 49.6 Å². The number of hydrogen-bond donors (Lipinski definition) is 1. The molecule has 6 nitrogen and oxygen atoms in total. The molecular weight excluding hydrogens is 310 g/mol. The number of amides is 1. The standard InChI is InChI=1S/C16H15N5OS/c1-11-4-3-5-13(10-11)17-15(22)12-6-8-14(9-7-12)21-16(23-2)18-19-20-21/h3-10H,1-2H3,(H,17,22). The van der Waals surface area contributed by atoms with Gasteiger partial charge in [-0.1, -0.05) is 23.9 Å². The van der Waals surface area contributed by atoms with Crippen molar-refractivity contribution in [1.82, 2.24) is 20.2 Å². The molecule has 3 rings (SSSR count). The summed E-state index contributed by atoms with van der Waals surface area (Å²) in [5.41, 5.74) is 3.27. The summed E-state index contributed by atoms with van der Waals surface area (Å²) < 4.78 is 1.63. The lowest BCUT2D eigenvalue weighted by molar-refractivity contribution is 0.102. The number of nitrogens with zero attached hydrogens (tertiary/aromatic N) is 4. The van der Waals surface area contributed by atoms with Crippen LogP contribution in [0, 0.1) is 6.92 Å². The van der Waals surface area contributed by atoms with Crippen LogP contribution >= 0.6 is 11.8 Å². The molecule has 1 aromatic heterocycles. The maximum atomic E-state index is 12.3. The smallest absolute Gasteiger partial charge is 0.255 e. The summed E-state index contributed by atoms with van der Waals surface area (Å²) >= 11 is 1.46. The average Bonchev–Trinajstić information content (AvgIpc) is 3.03. The van der Waals surface area contributed by atoms with Gasteiger partial charge in [-0.25, -0.2) is 0 Å². The van der Waals surface area contributed by atoms with Gasteiger partial charge in [0.15, 0.2) is 0 Å². The van der Waals surface area contributed by atoms with E-state index in [9.17, 15) is 4.79 Å². The van der Waals surface area contributed by atoms with Crippen LogP contribution in [0.3, 0.4) is 0 Å². The molecule has 0 aliphatic carbocycles. The number of tetrazole rings is 1. The SMILES string of the molecule is CSc1nnnn1-c1ccc(C(=O)Nc2cccc(C)c2)cc1. The Balaban J connectivity index is 1.78. The summed E-state index contributed by atoms with van der Waals surface area (Å²) in [4.78, 5) is 12.3. The van der Waals surface area contributed by atoms with Crippen LogP contribution in [0.25, 0.3) is 5.69 Å². The number of aromatic nitrogens is 4. The molecule has 0 saturated heterocycles. The van der Waals surface area contributed by atoms with Gasteiger partial charge in [-0.3, -0.25) is 4.79 Å². The molecule has 116 valence electrons. The van der Waals surface area contributed by atoms with Gasteiger partial charge >= 0.3 is 0 Å². The monoisotopic (exact) mass is 325 g/mol. The molecule has 1 heterocycles. The molecule has 2 aromatic carbocycles. The fourth-order valence-electron chi connectivity index (χ4n) is 2.15. The van der Waals surface area contributed by atoms with Crippen LogP contribution in [0.1, 0.15) is 15.9 Å². The van der Waals surface area contributed by atoms with Gasteiger partial charge in [0.2, 0.25) is 5.16 Å². The van der Waals surface area contributed by atoms with E-state index >= 15 is 0 Å². The van der Waals surface area contributed by atoms with Crippen molar-refractivity contribution in [3.05, 3.63) is 59.7 Å². The van der Waals surface area contributed by atoms with Gasteiger partial charge in [0, 0.05) is 11.3 Å². The first-order chi connectivity index (χ1) is 11.2. The molecule has 0 aliphatic heterocycles. The highest BCUT2D eigenvalue weighted by molar-refractivity contribution is 7.98. The first kappa shape index (κ1) is 15.2. The Bertz CT molecular complexity index is 828. The molecule has 0 spiro atoms. The third kappa shape index (κ3) is 3.40. The quantitative estimate of drug-likeness (QED) is 0.747. The van der Waals surface area contributed by atoms with E-state index in [1.165, 1.54) is 11.8 Å². The van der Waals surface area contributed by atoms with Crippen LogP contribution < -0.4 is 5.32 Å². The van der Waals surface area contributed by atoms with E-state index in [0.29, 0.717) is 10.7 Å². The van der Waals surface area contributed by atoms with E-state index in [-0.39, 0.29) is 5.91 Å². The second-order valence-corrected chi connectivity index (χ2v) is 5.72. The van der Waals surface area contributed by atoms with Crippen molar-refractivity contribution in [2.45, 2.75) is 12.1 Å². The van der Waals surface area contributed by atoms with Crippen molar-refractivity contribution in [1.29, 1.82) is 0 Å². The lowest BCUT2D eigenvalue weighted by atomic mass is 10.1. The number of aryl methyl sites for hydroxylation is 1. The van der Waals surface area contributed by atoms with Crippen LogP contribution in [0.5, 0.6) is 0 Å². The van der Waals surface area contributed by atoms with E-state index in [1.54, 1.807) is 16.8 Å². The molecule has 0 atom stereocenters. The zero-order chi connectivity index (χ0) is 16.2. The molecule has 0 fully saturated rings. The van der Waals surface area contributed by atoms with Crippen LogP contribution in [-0.2, 0) is 0 Å². The predicted octanol–water partition coefficient (Wildman–Crippen LogP) is 2.94. The van der Waals surface area contributed by atoms with Crippen molar-refractivity contribution < 1.29 is 4.79 Å². The Kier molecular flexibility index (Phi) is 4.38. The van der Waals surface area contributed by atoms with Crippen molar-refractivity contribution in [2.75, 3.05) is 11.6 Å². The maximum Gasteiger partial charge on any atom is 0.255 e. The number of carbonyl (C=O) groups excluding carboxylic acids is 1. The topological polar surface area (TPSA) is 72.7 Å². The third-order valence-corrected chi connectivity index (χ3v) is 3.89. The summed E-state index contributed by atoms with van der Waals surface area (Å²) in [6.45, 7) is 1.99. The zero-order valence-corrected chi connectivity index (χ0v) is 13.5. The summed E-state index contributed by atoms with van der Waals surface area (Å²) in [5.74, 6) is -0.149. The van der Waals surface area contributed by atoms with Crippen LogP contribution in [0.2, 0.25) is 0 Å². The molecule has 0 radical (unpaired) electrons. The number of benzene rings is 2. The highest BCUT2D eigenvalue weighted by Crippen LogP contribution is 2.17. The lowest BCUT2D eigenvalue weighted by Crippen LogP contribution is -2.12. The summed E-state index contributed by atoms with van der Waals surface area (Å²) in [5, 5.41) is 15.1. The molecule has 0 unspecified atom stereocenters. The largest absolute Gasteiger partial charge is 0.322 e. The van der Waals surface area contributed by atoms with Gasteiger partial charge < -0.3 is 5.32 Å². The van der Waals surface area contributed by atoms with E-state index < -0.39 is 0 Å². The van der Waals surface area contributed by atoms with Crippen molar-refractivity contribution >= 4 is 23.4 Å². The number of carbonyl (C=O) groups is 1. The van der Waals surface area contributed by atoms with Crippen molar-refractivity contribution in [3.8, 4) is 5.69 Å². The summed E-state index contributed by atoms with van der Waals surface area (Å²) in [7, 11) is 0. The number of anilines is 1. The Morgan fingerprint density at radius 3 is 2.65 bits per heavy atom. The minimum absolute atomic E-state index is 0.149. The minimum Gasteiger partial charge on any atom is -0.322 e. The van der Waals surface area contributed by atoms with Gasteiger partial charge in [-0.15, -0.1) is 5.10 Å². The number of rotatable bonds is 4. The Morgan fingerprint density at radius 1 is 1.17 bits per heavy atom. The Morgan fingerprint density at radius 2 is 1.96 bits per heavy atom. The minimum atomic E-state index is -0.149. The van der Waals surface area contributed by atoms with Gasteiger partial charge in [-0.2, -0.15) is 4.68 Å². The average molecular weight is 325 g/mol. The van der Waals surface area contributed by atoms with Gasteiger partial charge in [0.05, 0.1) is 5.69 Å². The summed E-state index contributed by atoms with van der Waals surface area (Å²) in [6.07, 6.45) is 1.91. The maximum absolute atomic E-state index is 12.3. The van der Waals surface area contributed by atoms with E-state index in [0.717, 1.165) is 16.9 Å². The molecule has 7 heteroatoms. The van der Waals surface area contributed by atoms with Gasteiger partial charge in [0.1, 0.15) is 0 Å². The third-order valence-electron chi connectivity index (χ3n) is 3.27. The summed E-state index contributed by atoms with van der Waals surface area (Å²) in [6, 6.07) is 14.8. The normalized spacial score (nSPS) is 10.5. The molecule has 1 N–H and O–H groups in total. The van der Waals surface area contributed by atoms with E-state index in [2.05, 4.69) is 20.8 Å². The van der Waals surface area contributed by atoms with E-state index in [4.69, 9.17) is 0 Å². The van der Waals surface area contributed by atoms with Crippen LogP contribution in [-0.4, -0.2) is 32.4 Å².